The number of nitrogens with zero attached hydrogens (tertiary/aromatic N) is 6. The molecule has 0 spiro atoms. The van der Waals surface area contributed by atoms with Crippen molar-refractivity contribution in [3.63, 3.8) is 0 Å². The van der Waals surface area contributed by atoms with E-state index in [1.54, 1.807) is 18.2 Å². The summed E-state index contributed by atoms with van der Waals surface area (Å²) in [6.07, 6.45) is 1.38. The third-order valence-electron chi connectivity index (χ3n) is 4.10. The van der Waals surface area contributed by atoms with E-state index in [0.29, 0.717) is 34.0 Å². The third-order valence-corrected chi connectivity index (χ3v) is 5.31. The number of ether oxygens (including phenoxy) is 1. The number of amides is 1. The first-order chi connectivity index (χ1) is 14.0. The molecule has 0 saturated carbocycles. The summed E-state index contributed by atoms with van der Waals surface area (Å²) in [7, 11) is 3.76. The molecule has 1 N–H and O–H groups in total. The number of carbonyl (C=O) groups is 1. The molecule has 0 unspecified atom stereocenters. The standard InChI is InChI=1S/C18H19N7O3S/c1-4-28-12-8-6-5-7-11(12)20-13(26)9-25-18(27)24-10-19-15-14(16(24)22-25)29-17(21-15)23(2)3/h5-8,10H,4,9H2,1-3H3,(H,20,26). The Bertz CT molecular complexity index is 1260. The average Bonchev–Trinajstić information content (AvgIpc) is 3.26. The van der Waals surface area contributed by atoms with Crippen LogP contribution in [0.25, 0.3) is 16.0 Å². The predicted molar refractivity (Wildman–Crippen MR) is 111 cm³/mol. The van der Waals surface area contributed by atoms with E-state index < -0.39 is 5.69 Å². The Morgan fingerprint density at radius 3 is 2.86 bits per heavy atom. The van der Waals surface area contributed by atoms with E-state index in [1.807, 2.05) is 32.0 Å². The summed E-state index contributed by atoms with van der Waals surface area (Å²) in [6, 6.07) is 7.12. The van der Waals surface area contributed by atoms with Crippen molar-refractivity contribution in [1.29, 1.82) is 0 Å². The number of anilines is 2. The molecule has 1 amide bonds. The molecule has 11 heteroatoms. The van der Waals surface area contributed by atoms with Crippen LogP contribution in [0, 0.1) is 0 Å². The van der Waals surface area contributed by atoms with Crippen molar-refractivity contribution in [3.8, 4) is 5.75 Å². The van der Waals surface area contributed by atoms with Crippen LogP contribution in [0.3, 0.4) is 0 Å². The minimum Gasteiger partial charge on any atom is -0.492 e. The van der Waals surface area contributed by atoms with Crippen LogP contribution in [0.4, 0.5) is 10.8 Å². The quantitative estimate of drug-likeness (QED) is 0.512. The highest BCUT2D eigenvalue weighted by molar-refractivity contribution is 7.22. The van der Waals surface area contributed by atoms with Gasteiger partial charge >= 0.3 is 5.69 Å². The average molecular weight is 413 g/mol. The second-order valence-electron chi connectivity index (χ2n) is 6.40. The van der Waals surface area contributed by atoms with Gasteiger partial charge in [-0.1, -0.05) is 23.5 Å². The van der Waals surface area contributed by atoms with E-state index in [9.17, 15) is 9.59 Å². The van der Waals surface area contributed by atoms with E-state index in [4.69, 9.17) is 4.74 Å². The van der Waals surface area contributed by atoms with Crippen LogP contribution in [0.2, 0.25) is 0 Å². The zero-order chi connectivity index (χ0) is 20.5. The van der Waals surface area contributed by atoms with Crippen molar-refractivity contribution in [2.75, 3.05) is 30.9 Å². The Balaban J connectivity index is 1.64. The molecule has 150 valence electrons. The number of rotatable bonds is 6. The first-order valence-electron chi connectivity index (χ1n) is 8.91. The third kappa shape index (κ3) is 3.51. The van der Waals surface area contributed by atoms with Crippen molar-refractivity contribution in [2.45, 2.75) is 13.5 Å². The topological polar surface area (TPSA) is 107 Å². The van der Waals surface area contributed by atoms with Crippen LogP contribution >= 0.6 is 11.3 Å². The molecule has 0 radical (unpaired) electrons. The molecule has 4 aromatic rings. The van der Waals surface area contributed by atoms with Gasteiger partial charge in [0.25, 0.3) is 0 Å². The molecule has 0 aliphatic carbocycles. The number of hydrogen-bond acceptors (Lipinski definition) is 8. The van der Waals surface area contributed by atoms with Crippen molar-refractivity contribution in [2.24, 2.45) is 0 Å². The fraction of sp³-hybridized carbons (Fsp3) is 0.278. The molecule has 10 nitrogen and oxygen atoms in total. The normalized spacial score (nSPS) is 11.1. The number of carbonyl (C=O) groups excluding carboxylic acids is 1. The lowest BCUT2D eigenvalue weighted by Crippen LogP contribution is -2.28. The maximum Gasteiger partial charge on any atom is 0.352 e. The summed E-state index contributed by atoms with van der Waals surface area (Å²) in [4.78, 5) is 35.7. The van der Waals surface area contributed by atoms with Gasteiger partial charge in [0.15, 0.2) is 16.4 Å². The van der Waals surface area contributed by atoms with Crippen LogP contribution in [-0.2, 0) is 11.3 Å². The summed E-state index contributed by atoms with van der Waals surface area (Å²) < 4.78 is 8.63. The number of fused-ring (bicyclic) bond motifs is 3. The van der Waals surface area contributed by atoms with Gasteiger partial charge in [0.1, 0.15) is 23.3 Å². The molecule has 0 saturated heterocycles. The van der Waals surface area contributed by atoms with Gasteiger partial charge in [-0.25, -0.2) is 18.9 Å². The van der Waals surface area contributed by atoms with Gasteiger partial charge in [0.05, 0.1) is 12.3 Å². The second kappa shape index (κ2) is 7.51. The zero-order valence-electron chi connectivity index (χ0n) is 16.1. The number of thiazole rings is 1. The van der Waals surface area contributed by atoms with Crippen LogP contribution in [0.5, 0.6) is 5.75 Å². The maximum atomic E-state index is 12.7. The lowest BCUT2D eigenvalue weighted by Gasteiger charge is -2.10. The summed E-state index contributed by atoms with van der Waals surface area (Å²) in [5, 5.41) is 7.86. The molecule has 29 heavy (non-hydrogen) atoms. The molecule has 1 aromatic carbocycles. The van der Waals surface area contributed by atoms with Crippen molar-refractivity contribution in [3.05, 3.63) is 41.1 Å². The first kappa shape index (κ1) is 18.9. The van der Waals surface area contributed by atoms with E-state index >= 15 is 0 Å². The minimum atomic E-state index is -0.442. The largest absolute Gasteiger partial charge is 0.492 e. The first-order valence-corrected chi connectivity index (χ1v) is 9.73. The Hall–Kier alpha value is -3.47. The van der Waals surface area contributed by atoms with Gasteiger partial charge in [-0.15, -0.1) is 5.10 Å². The summed E-state index contributed by atoms with van der Waals surface area (Å²) >= 11 is 1.39. The SMILES string of the molecule is CCOc1ccccc1NC(=O)Cn1nc2c3sc(N(C)C)nc3ncn2c1=O. The molecular formula is C18H19N7O3S. The van der Waals surface area contributed by atoms with Gasteiger partial charge in [0.2, 0.25) is 5.91 Å². The number of hydrogen-bond donors (Lipinski definition) is 1. The van der Waals surface area contributed by atoms with Crippen molar-refractivity contribution < 1.29 is 9.53 Å². The predicted octanol–water partition coefficient (Wildman–Crippen LogP) is 1.60. The lowest BCUT2D eigenvalue weighted by atomic mass is 10.3. The summed E-state index contributed by atoms with van der Waals surface area (Å²) in [5.74, 6) is 0.183. The van der Waals surface area contributed by atoms with E-state index in [2.05, 4.69) is 20.4 Å². The van der Waals surface area contributed by atoms with E-state index in [-0.39, 0.29) is 12.5 Å². The van der Waals surface area contributed by atoms with E-state index in [0.717, 1.165) is 9.81 Å². The fourth-order valence-corrected chi connectivity index (χ4v) is 3.71. The minimum absolute atomic E-state index is 0.234. The smallest absolute Gasteiger partial charge is 0.352 e. The van der Waals surface area contributed by atoms with Gasteiger partial charge in [-0.2, -0.15) is 4.98 Å². The van der Waals surface area contributed by atoms with Crippen LogP contribution in [0.15, 0.2) is 35.4 Å². The fourth-order valence-electron chi connectivity index (χ4n) is 2.80. The summed E-state index contributed by atoms with van der Waals surface area (Å²) in [6.45, 7) is 2.11. The van der Waals surface area contributed by atoms with Gasteiger partial charge in [0, 0.05) is 14.1 Å². The monoisotopic (exact) mass is 413 g/mol. The molecule has 0 fully saturated rings. The molecule has 3 heterocycles. The van der Waals surface area contributed by atoms with Gasteiger partial charge in [-0.05, 0) is 19.1 Å². The molecular weight excluding hydrogens is 394 g/mol. The Kier molecular flexibility index (Phi) is 4.89. The molecule has 4 rings (SSSR count). The number of benzene rings is 1. The lowest BCUT2D eigenvalue weighted by molar-refractivity contribution is -0.117. The van der Waals surface area contributed by atoms with Gasteiger partial charge < -0.3 is 15.0 Å². The van der Waals surface area contributed by atoms with Crippen molar-refractivity contribution >= 4 is 44.1 Å². The number of aromatic nitrogens is 5. The highest BCUT2D eigenvalue weighted by Gasteiger charge is 2.17. The van der Waals surface area contributed by atoms with Crippen LogP contribution < -0.4 is 20.6 Å². The Morgan fingerprint density at radius 2 is 2.10 bits per heavy atom. The van der Waals surface area contributed by atoms with Crippen LogP contribution in [0.1, 0.15) is 6.92 Å². The highest BCUT2D eigenvalue weighted by atomic mass is 32.1. The highest BCUT2D eigenvalue weighted by Crippen LogP contribution is 2.28. The second-order valence-corrected chi connectivity index (χ2v) is 7.38. The summed E-state index contributed by atoms with van der Waals surface area (Å²) in [5.41, 5.74) is 1.03. The Morgan fingerprint density at radius 1 is 1.31 bits per heavy atom. The van der Waals surface area contributed by atoms with Crippen molar-refractivity contribution in [1.82, 2.24) is 24.1 Å². The number of nitrogens with one attached hydrogen (secondary N) is 1. The Labute approximate surface area is 169 Å². The zero-order valence-corrected chi connectivity index (χ0v) is 16.9. The molecule has 0 aliphatic rings. The molecule has 3 aromatic heterocycles. The maximum absolute atomic E-state index is 12.7. The number of para-hydroxylation sites is 2. The molecule has 0 bridgehead atoms. The van der Waals surface area contributed by atoms with E-state index in [1.165, 1.54) is 22.1 Å². The molecule has 0 aliphatic heterocycles. The molecule has 0 atom stereocenters. The van der Waals surface area contributed by atoms with Crippen LogP contribution in [-0.4, -0.2) is 50.8 Å². The van der Waals surface area contributed by atoms with Gasteiger partial charge in [-0.3, -0.25) is 4.79 Å².